The normalized spacial score (nSPS) is 15.8. The lowest BCUT2D eigenvalue weighted by Crippen LogP contribution is -2.24. The SMILES string of the molecule is C1=C(c2ccccc2)NC(c2ccc(-c3ccc4c5c(ccc4c3)NC(c3ccccc3)C=C5c3ccccc3)cc2)N=C1c1cccc(-n2c3ccccc3c3ccccc32)c1. The maximum atomic E-state index is 5.39. The van der Waals surface area contributed by atoms with Crippen molar-refractivity contribution in [1.82, 2.24) is 9.88 Å². The van der Waals surface area contributed by atoms with Gasteiger partial charge in [-0.1, -0.05) is 182 Å². The molecule has 12 rings (SSSR count). The number of nitrogens with zero attached hydrogens (tertiary/aromatic N) is 2. The lowest BCUT2D eigenvalue weighted by atomic mass is 9.85. The van der Waals surface area contributed by atoms with Crippen LogP contribution in [-0.2, 0) is 0 Å². The number of fused-ring (bicyclic) bond motifs is 6. The molecule has 1 aromatic heterocycles. The summed E-state index contributed by atoms with van der Waals surface area (Å²) in [5.74, 6) is 0. The summed E-state index contributed by atoms with van der Waals surface area (Å²) in [4.78, 5) is 5.39. The fourth-order valence-corrected chi connectivity index (χ4v) is 9.57. The summed E-state index contributed by atoms with van der Waals surface area (Å²) in [7, 11) is 0. The topological polar surface area (TPSA) is 41.4 Å². The molecule has 0 fully saturated rings. The number of nitrogens with one attached hydrogen (secondary N) is 2. The van der Waals surface area contributed by atoms with Gasteiger partial charge in [0.25, 0.3) is 0 Å². The minimum atomic E-state index is -0.273. The zero-order chi connectivity index (χ0) is 41.7. The van der Waals surface area contributed by atoms with Crippen LogP contribution in [0.1, 0.15) is 45.6 Å². The van der Waals surface area contributed by atoms with Gasteiger partial charge in [0, 0.05) is 39.0 Å². The van der Waals surface area contributed by atoms with Crippen molar-refractivity contribution in [2.75, 3.05) is 5.32 Å². The molecule has 0 spiro atoms. The first-order valence-corrected chi connectivity index (χ1v) is 21.7. The Kier molecular flexibility index (Phi) is 8.93. The highest BCUT2D eigenvalue weighted by atomic mass is 15.1. The third-order valence-electron chi connectivity index (χ3n) is 12.6. The molecule has 0 amide bonds. The highest BCUT2D eigenvalue weighted by molar-refractivity contribution is 6.14. The van der Waals surface area contributed by atoms with E-state index in [1.54, 1.807) is 0 Å². The van der Waals surface area contributed by atoms with Crippen LogP contribution in [0.4, 0.5) is 5.69 Å². The lowest BCUT2D eigenvalue weighted by Gasteiger charge is -2.28. The molecule has 0 bridgehead atoms. The van der Waals surface area contributed by atoms with E-state index in [0.717, 1.165) is 45.0 Å². The Morgan fingerprint density at radius 3 is 1.79 bits per heavy atom. The Balaban J connectivity index is 0.890. The molecule has 2 aliphatic rings. The first kappa shape index (κ1) is 36.6. The van der Waals surface area contributed by atoms with Gasteiger partial charge < -0.3 is 15.2 Å². The summed E-state index contributed by atoms with van der Waals surface area (Å²) < 4.78 is 2.37. The van der Waals surface area contributed by atoms with Gasteiger partial charge in [0.1, 0.15) is 6.17 Å². The predicted octanol–water partition coefficient (Wildman–Crippen LogP) is 14.3. The number of benzene rings is 9. The fraction of sp³-hybridized carbons (Fsp3) is 0.0339. The van der Waals surface area contributed by atoms with E-state index >= 15 is 0 Å². The quantitative estimate of drug-likeness (QED) is 0.168. The van der Waals surface area contributed by atoms with Crippen LogP contribution in [0.3, 0.4) is 0 Å². The third-order valence-corrected chi connectivity index (χ3v) is 12.6. The summed E-state index contributed by atoms with van der Waals surface area (Å²) in [6.45, 7) is 0. The van der Waals surface area contributed by atoms with E-state index in [0.29, 0.717) is 0 Å². The minimum absolute atomic E-state index is 0.0823. The molecule has 4 heteroatoms. The van der Waals surface area contributed by atoms with Gasteiger partial charge in [0.05, 0.1) is 22.8 Å². The number of hydrogen-bond acceptors (Lipinski definition) is 3. The Hall–Kier alpha value is -8.21. The minimum Gasteiger partial charge on any atom is -0.374 e. The second-order valence-electron chi connectivity index (χ2n) is 16.4. The number of hydrogen-bond donors (Lipinski definition) is 2. The summed E-state index contributed by atoms with van der Waals surface area (Å²) in [6, 6.07) is 78.5. The summed E-state index contributed by atoms with van der Waals surface area (Å²) in [5, 5.41) is 12.6. The van der Waals surface area contributed by atoms with Crippen LogP contribution in [0.2, 0.25) is 0 Å². The molecule has 4 nitrogen and oxygen atoms in total. The van der Waals surface area contributed by atoms with E-state index in [2.05, 4.69) is 246 Å². The Labute approximate surface area is 366 Å². The highest BCUT2D eigenvalue weighted by Gasteiger charge is 2.24. The van der Waals surface area contributed by atoms with Crippen molar-refractivity contribution in [2.24, 2.45) is 4.99 Å². The van der Waals surface area contributed by atoms with Crippen LogP contribution < -0.4 is 10.6 Å². The molecular formula is C59H42N4. The van der Waals surface area contributed by atoms with Gasteiger partial charge in [0.15, 0.2) is 0 Å². The number of aliphatic imine (C=N–C) groups is 1. The molecule has 9 aromatic carbocycles. The molecule has 63 heavy (non-hydrogen) atoms. The van der Waals surface area contributed by atoms with E-state index < -0.39 is 0 Å². The predicted molar refractivity (Wildman–Crippen MR) is 263 cm³/mol. The van der Waals surface area contributed by atoms with E-state index in [1.165, 1.54) is 60.4 Å². The van der Waals surface area contributed by atoms with Crippen molar-refractivity contribution in [3.05, 3.63) is 264 Å². The third kappa shape index (κ3) is 6.61. The molecule has 298 valence electrons. The molecule has 3 heterocycles. The van der Waals surface area contributed by atoms with E-state index in [9.17, 15) is 0 Å². The number of rotatable bonds is 7. The zero-order valence-corrected chi connectivity index (χ0v) is 34.5. The smallest absolute Gasteiger partial charge is 0.145 e. The molecule has 2 N–H and O–H groups in total. The molecule has 2 aliphatic heterocycles. The highest BCUT2D eigenvalue weighted by Crippen LogP contribution is 2.43. The molecular weight excluding hydrogens is 765 g/mol. The Morgan fingerprint density at radius 2 is 1.06 bits per heavy atom. The summed E-state index contributed by atoms with van der Waals surface area (Å²) in [6.07, 6.45) is 4.30. The van der Waals surface area contributed by atoms with E-state index in [-0.39, 0.29) is 12.2 Å². The number of aromatic nitrogens is 1. The molecule has 2 atom stereocenters. The van der Waals surface area contributed by atoms with Gasteiger partial charge in [-0.15, -0.1) is 0 Å². The molecule has 0 radical (unpaired) electrons. The summed E-state index contributed by atoms with van der Waals surface area (Å²) >= 11 is 0. The van der Waals surface area contributed by atoms with Crippen LogP contribution >= 0.6 is 0 Å². The standard InChI is InChI=1S/C59H42N4/c1-4-15-40(16-5-1)51-37-53(41-17-6-2-7-18-41)60-52-34-32-45-35-44(31-33-48(45)58(51)52)39-27-29-43(30-28-39)59-61-54(42-19-8-3-9-20-42)38-55(62-59)46-21-14-22-47(36-46)63-56-25-12-10-23-49(56)50-24-11-13-26-57(50)63/h1-38,53,59-61H. The number of para-hydroxylation sites is 2. The second-order valence-corrected chi connectivity index (χ2v) is 16.4. The molecule has 2 unspecified atom stereocenters. The summed E-state index contributed by atoms with van der Waals surface area (Å²) in [5.41, 5.74) is 17.2. The van der Waals surface area contributed by atoms with Gasteiger partial charge in [-0.3, -0.25) is 4.99 Å². The van der Waals surface area contributed by atoms with Crippen LogP contribution in [0.25, 0.3) is 60.7 Å². The molecule has 0 saturated heterocycles. The Morgan fingerprint density at radius 1 is 0.429 bits per heavy atom. The van der Waals surface area contributed by atoms with Crippen LogP contribution in [-0.4, -0.2) is 10.3 Å². The second kappa shape index (κ2) is 15.4. The number of allylic oxidation sites excluding steroid dienone is 1. The lowest BCUT2D eigenvalue weighted by molar-refractivity contribution is 0.664. The van der Waals surface area contributed by atoms with Crippen molar-refractivity contribution in [3.8, 4) is 16.8 Å². The van der Waals surface area contributed by atoms with Gasteiger partial charge in [-0.25, -0.2) is 0 Å². The average molecular weight is 807 g/mol. The zero-order valence-electron chi connectivity index (χ0n) is 34.5. The first-order chi connectivity index (χ1) is 31.2. The fourth-order valence-electron chi connectivity index (χ4n) is 9.57. The van der Waals surface area contributed by atoms with E-state index in [1.807, 2.05) is 0 Å². The molecule has 0 saturated carbocycles. The van der Waals surface area contributed by atoms with Crippen LogP contribution in [0.15, 0.2) is 236 Å². The maximum absolute atomic E-state index is 5.39. The van der Waals surface area contributed by atoms with E-state index in [4.69, 9.17) is 4.99 Å². The van der Waals surface area contributed by atoms with Crippen molar-refractivity contribution >= 4 is 55.2 Å². The average Bonchev–Trinajstić information content (AvgIpc) is 3.71. The van der Waals surface area contributed by atoms with Crippen molar-refractivity contribution < 1.29 is 0 Å². The van der Waals surface area contributed by atoms with Crippen molar-refractivity contribution in [3.63, 3.8) is 0 Å². The van der Waals surface area contributed by atoms with Crippen LogP contribution in [0, 0.1) is 0 Å². The van der Waals surface area contributed by atoms with Crippen molar-refractivity contribution in [1.29, 1.82) is 0 Å². The van der Waals surface area contributed by atoms with Gasteiger partial charge in [0.2, 0.25) is 0 Å². The van der Waals surface area contributed by atoms with Gasteiger partial charge >= 0.3 is 0 Å². The van der Waals surface area contributed by atoms with Crippen molar-refractivity contribution in [2.45, 2.75) is 12.2 Å². The van der Waals surface area contributed by atoms with Gasteiger partial charge in [-0.05, 0) is 98.3 Å². The largest absolute Gasteiger partial charge is 0.374 e. The van der Waals surface area contributed by atoms with Crippen LogP contribution in [0.5, 0.6) is 0 Å². The molecule has 10 aromatic rings. The first-order valence-electron chi connectivity index (χ1n) is 21.7. The number of anilines is 1. The maximum Gasteiger partial charge on any atom is 0.145 e. The van der Waals surface area contributed by atoms with Gasteiger partial charge in [-0.2, -0.15) is 0 Å². The molecule has 0 aliphatic carbocycles. The monoisotopic (exact) mass is 806 g/mol. The Bertz CT molecular complexity index is 3380.